The number of aliphatic imine (C=N–C) groups is 1. The third kappa shape index (κ3) is 4.51. The van der Waals surface area contributed by atoms with Crippen LogP contribution in [0.15, 0.2) is 90.1 Å². The lowest BCUT2D eigenvalue weighted by Crippen LogP contribution is -2.33. The van der Waals surface area contributed by atoms with E-state index in [1.165, 1.54) is 36.3 Å². The Bertz CT molecular complexity index is 810. The first-order valence-electron chi connectivity index (χ1n) is 9.75. The molecule has 4 rings (SSSR count). The van der Waals surface area contributed by atoms with Crippen molar-refractivity contribution < 1.29 is 0 Å². The molecule has 136 valence electrons. The summed E-state index contributed by atoms with van der Waals surface area (Å²) in [5.41, 5.74) is 1.53. The first kappa shape index (κ1) is 18.1. The standard InChI is InChI=1S/C24H25N2P/c1-3-12-21(13-4-1)27(22-14-5-2-6-15-22)24-17-8-7-16-23(24)26-19-20-11-9-10-18-25-20/h1-6,9-15,18-19,23-24H,7-8,16-17H2/t23-,24-/m1/s1. The molecule has 1 aliphatic carbocycles. The molecule has 3 heteroatoms. The van der Waals surface area contributed by atoms with E-state index in [0.29, 0.717) is 11.7 Å². The topological polar surface area (TPSA) is 25.2 Å². The number of benzene rings is 2. The molecule has 1 aliphatic rings. The average molecular weight is 372 g/mol. The van der Waals surface area contributed by atoms with Crippen LogP contribution in [0.25, 0.3) is 0 Å². The van der Waals surface area contributed by atoms with Crippen molar-refractivity contribution >= 4 is 24.7 Å². The molecule has 3 aromatic rings. The van der Waals surface area contributed by atoms with Crippen LogP contribution in [0.2, 0.25) is 0 Å². The highest BCUT2D eigenvalue weighted by Crippen LogP contribution is 2.47. The molecule has 0 aliphatic heterocycles. The lowest BCUT2D eigenvalue weighted by atomic mass is 9.95. The molecule has 27 heavy (non-hydrogen) atoms. The fourth-order valence-corrected chi connectivity index (χ4v) is 6.96. The van der Waals surface area contributed by atoms with Gasteiger partial charge in [-0.2, -0.15) is 0 Å². The number of nitrogens with zero attached hydrogens (tertiary/aromatic N) is 2. The maximum atomic E-state index is 5.04. The third-order valence-electron chi connectivity index (χ3n) is 5.18. The van der Waals surface area contributed by atoms with E-state index in [0.717, 1.165) is 5.69 Å². The monoisotopic (exact) mass is 372 g/mol. The van der Waals surface area contributed by atoms with E-state index in [4.69, 9.17) is 4.99 Å². The van der Waals surface area contributed by atoms with Gasteiger partial charge >= 0.3 is 0 Å². The van der Waals surface area contributed by atoms with Gasteiger partial charge in [0.05, 0.1) is 11.7 Å². The first-order chi connectivity index (χ1) is 13.4. The van der Waals surface area contributed by atoms with Crippen LogP contribution in [0.5, 0.6) is 0 Å². The Morgan fingerprint density at radius 1 is 0.778 bits per heavy atom. The van der Waals surface area contributed by atoms with Gasteiger partial charge in [-0.05, 0) is 43.5 Å². The van der Waals surface area contributed by atoms with Crippen molar-refractivity contribution in [2.45, 2.75) is 37.4 Å². The van der Waals surface area contributed by atoms with Crippen LogP contribution in [0.4, 0.5) is 0 Å². The van der Waals surface area contributed by atoms with Crippen LogP contribution in [0.3, 0.4) is 0 Å². The van der Waals surface area contributed by atoms with Crippen LogP contribution >= 0.6 is 7.92 Å². The molecule has 2 aromatic carbocycles. The molecule has 1 fully saturated rings. The van der Waals surface area contributed by atoms with E-state index >= 15 is 0 Å². The van der Waals surface area contributed by atoms with Crippen molar-refractivity contribution in [1.29, 1.82) is 0 Å². The molecule has 0 N–H and O–H groups in total. The number of hydrogen-bond acceptors (Lipinski definition) is 2. The first-order valence-corrected chi connectivity index (χ1v) is 11.2. The predicted molar refractivity (Wildman–Crippen MR) is 117 cm³/mol. The summed E-state index contributed by atoms with van der Waals surface area (Å²) in [5.74, 6) is 0. The lowest BCUT2D eigenvalue weighted by Gasteiger charge is -2.36. The summed E-state index contributed by atoms with van der Waals surface area (Å²) in [6, 6.07) is 28.5. The van der Waals surface area contributed by atoms with E-state index in [9.17, 15) is 0 Å². The zero-order valence-electron chi connectivity index (χ0n) is 15.5. The Kier molecular flexibility index (Phi) is 6.06. The number of pyridine rings is 1. The fraction of sp³-hybridized carbons (Fsp3) is 0.250. The zero-order chi connectivity index (χ0) is 18.3. The van der Waals surface area contributed by atoms with Gasteiger partial charge < -0.3 is 0 Å². The van der Waals surface area contributed by atoms with Gasteiger partial charge in [-0.3, -0.25) is 9.98 Å². The van der Waals surface area contributed by atoms with Crippen molar-refractivity contribution in [2.24, 2.45) is 4.99 Å². The maximum absolute atomic E-state index is 5.04. The molecule has 0 bridgehead atoms. The van der Waals surface area contributed by atoms with Gasteiger partial charge in [-0.15, -0.1) is 0 Å². The smallest absolute Gasteiger partial charge is 0.0807 e. The van der Waals surface area contributed by atoms with E-state index in [-0.39, 0.29) is 0 Å². The molecule has 1 saturated carbocycles. The minimum Gasteiger partial charge on any atom is -0.287 e. The van der Waals surface area contributed by atoms with Crippen LogP contribution in [0, 0.1) is 0 Å². The minimum absolute atomic E-state index is 0.368. The molecular weight excluding hydrogens is 347 g/mol. The van der Waals surface area contributed by atoms with Gasteiger partial charge in [0.1, 0.15) is 0 Å². The van der Waals surface area contributed by atoms with E-state index in [1.54, 1.807) is 0 Å². The van der Waals surface area contributed by atoms with Crippen LogP contribution in [0.1, 0.15) is 31.4 Å². The quantitative estimate of drug-likeness (QED) is 0.460. The van der Waals surface area contributed by atoms with Gasteiger partial charge in [0.15, 0.2) is 0 Å². The normalized spacial score (nSPS) is 20.2. The van der Waals surface area contributed by atoms with E-state index in [1.807, 2.05) is 30.6 Å². The second-order valence-corrected chi connectivity index (χ2v) is 9.43. The summed E-state index contributed by atoms with van der Waals surface area (Å²) < 4.78 is 0. The number of rotatable bonds is 5. The molecule has 2 atom stereocenters. The highest BCUT2D eigenvalue weighted by atomic mass is 31.1. The maximum Gasteiger partial charge on any atom is 0.0807 e. The van der Waals surface area contributed by atoms with Gasteiger partial charge in [-0.25, -0.2) is 0 Å². The largest absolute Gasteiger partial charge is 0.287 e. The Balaban J connectivity index is 1.67. The Labute approximate surface area is 163 Å². The summed E-state index contributed by atoms with van der Waals surface area (Å²) in [4.78, 5) is 9.44. The van der Waals surface area contributed by atoms with Crippen molar-refractivity contribution in [2.75, 3.05) is 0 Å². The highest BCUT2D eigenvalue weighted by Gasteiger charge is 2.33. The summed E-state index contributed by atoms with van der Waals surface area (Å²) >= 11 is 0. The van der Waals surface area contributed by atoms with Crippen molar-refractivity contribution in [1.82, 2.24) is 4.98 Å². The predicted octanol–water partition coefficient (Wildman–Crippen LogP) is 4.94. The summed E-state index contributed by atoms with van der Waals surface area (Å²) in [5, 5.41) is 2.92. The van der Waals surface area contributed by atoms with Gasteiger partial charge in [0, 0.05) is 18.1 Å². The van der Waals surface area contributed by atoms with Crippen molar-refractivity contribution in [3.05, 3.63) is 90.8 Å². The Morgan fingerprint density at radius 3 is 2.04 bits per heavy atom. The highest BCUT2D eigenvalue weighted by molar-refractivity contribution is 7.73. The van der Waals surface area contributed by atoms with E-state index < -0.39 is 7.92 Å². The second kappa shape index (κ2) is 9.06. The number of hydrogen-bond donors (Lipinski definition) is 0. The second-order valence-electron chi connectivity index (χ2n) is 6.99. The minimum atomic E-state index is -0.423. The summed E-state index contributed by atoms with van der Waals surface area (Å²) in [6.45, 7) is 0. The van der Waals surface area contributed by atoms with Crippen LogP contribution in [-0.2, 0) is 0 Å². The third-order valence-corrected chi connectivity index (χ3v) is 8.15. The Morgan fingerprint density at radius 2 is 1.41 bits per heavy atom. The number of aromatic nitrogens is 1. The molecule has 0 saturated heterocycles. The van der Waals surface area contributed by atoms with Crippen molar-refractivity contribution in [3.63, 3.8) is 0 Å². The molecule has 0 amide bonds. The van der Waals surface area contributed by atoms with Crippen LogP contribution < -0.4 is 10.6 Å². The molecule has 1 heterocycles. The summed E-state index contributed by atoms with van der Waals surface area (Å²) in [6.07, 6.45) is 8.81. The molecule has 0 spiro atoms. The van der Waals surface area contributed by atoms with Gasteiger partial charge in [0.2, 0.25) is 0 Å². The zero-order valence-corrected chi connectivity index (χ0v) is 16.4. The molecule has 1 aromatic heterocycles. The summed E-state index contributed by atoms with van der Waals surface area (Å²) in [7, 11) is -0.423. The fourth-order valence-electron chi connectivity index (χ4n) is 3.90. The van der Waals surface area contributed by atoms with Crippen molar-refractivity contribution in [3.8, 4) is 0 Å². The molecular formula is C24H25N2P. The average Bonchev–Trinajstić information content (AvgIpc) is 2.76. The lowest BCUT2D eigenvalue weighted by molar-refractivity contribution is 0.453. The SMILES string of the molecule is C(=N[C@@H]1CCCC[C@H]1P(c1ccccc1)c1ccccc1)c1ccccn1. The molecule has 2 nitrogen and oxygen atoms in total. The Hall–Kier alpha value is -2.31. The van der Waals surface area contributed by atoms with E-state index in [2.05, 4.69) is 65.6 Å². The van der Waals surface area contributed by atoms with Gasteiger partial charge in [0.25, 0.3) is 0 Å². The van der Waals surface area contributed by atoms with Gasteiger partial charge in [-0.1, -0.05) is 79.6 Å². The van der Waals surface area contributed by atoms with Crippen LogP contribution in [-0.4, -0.2) is 22.9 Å². The molecule has 0 radical (unpaired) electrons. The molecule has 0 unspecified atom stereocenters.